The van der Waals surface area contributed by atoms with Gasteiger partial charge in [-0.3, -0.25) is 9.55 Å². The number of rotatable bonds is 10. The summed E-state index contributed by atoms with van der Waals surface area (Å²) in [4.78, 5) is 10.6. The van der Waals surface area contributed by atoms with Gasteiger partial charge in [-0.25, -0.2) is 4.98 Å². The van der Waals surface area contributed by atoms with E-state index in [1.165, 1.54) is 5.56 Å². The molecule has 5 heteroatoms. The molecule has 0 radical (unpaired) electrons. The zero-order valence-electron chi connectivity index (χ0n) is 40.3. The van der Waals surface area contributed by atoms with Crippen LogP contribution < -0.4 is 0 Å². The number of hydrogen-bond acceptors (Lipinski definition) is 3. The summed E-state index contributed by atoms with van der Waals surface area (Å²) in [6.45, 7) is 19.3. The molecule has 9 rings (SSSR count). The van der Waals surface area contributed by atoms with Crippen molar-refractivity contribution >= 4 is 11.0 Å². The van der Waals surface area contributed by atoms with Gasteiger partial charge in [0, 0.05) is 40.0 Å². The summed E-state index contributed by atoms with van der Waals surface area (Å²) < 4.78 is 10.8. The molecule has 0 bridgehead atoms. The van der Waals surface area contributed by atoms with Crippen LogP contribution in [0.1, 0.15) is 104 Å². The Morgan fingerprint density at radius 2 is 1.21 bits per heavy atom. The van der Waals surface area contributed by atoms with E-state index in [9.17, 15) is 5.11 Å². The van der Waals surface area contributed by atoms with Gasteiger partial charge in [-0.1, -0.05) is 194 Å². The van der Waals surface area contributed by atoms with Gasteiger partial charge in [0.25, 0.3) is 0 Å². The molecular weight excluding hydrogens is 986 g/mol. The Morgan fingerprint density at radius 3 is 1.83 bits per heavy atom. The molecule has 0 aliphatic carbocycles. The molecule has 0 atom stereocenters. The molecule has 0 amide bonds. The van der Waals surface area contributed by atoms with E-state index < -0.39 is 5.89 Å². The second-order valence-electron chi connectivity index (χ2n) is 19.2. The minimum atomic E-state index is -0.679. The smallest absolute Gasteiger partial charge is 0.148 e. The Morgan fingerprint density at radius 1 is 0.576 bits per heavy atom. The van der Waals surface area contributed by atoms with Crippen LogP contribution >= 0.6 is 0 Å². The third-order valence-electron chi connectivity index (χ3n) is 12.6. The van der Waals surface area contributed by atoms with Crippen LogP contribution in [0.4, 0.5) is 0 Å². The van der Waals surface area contributed by atoms with Gasteiger partial charge >= 0.3 is 0 Å². The average Bonchev–Trinajstić information content (AvgIpc) is 3.71. The maximum atomic E-state index is 12.3. The van der Waals surface area contributed by atoms with Crippen LogP contribution in [0, 0.1) is 6.07 Å². The Hall–Kier alpha value is -6.35. The van der Waals surface area contributed by atoms with E-state index in [2.05, 4.69) is 193 Å². The van der Waals surface area contributed by atoms with Crippen LogP contribution in [0.25, 0.3) is 83.9 Å². The molecule has 0 unspecified atom stereocenters. The number of hydrogen-bond donors (Lipinski definition) is 1. The summed E-state index contributed by atoms with van der Waals surface area (Å²) in [6, 6.07) is 59.2. The van der Waals surface area contributed by atoms with Gasteiger partial charge < -0.3 is 5.11 Å². The van der Waals surface area contributed by atoms with E-state index in [1.54, 1.807) is 0 Å². The minimum Gasteiger partial charge on any atom is -0.507 e. The SMILES string of the molecule is [2H]C(C)(C)c1ccc(-c2ccnc(-c3[c-]c(-c4cccc5c4nc(-c4cc(C(C)C)cc(C(C)C)c4O)n5-c4cc(-c5ccccc5)cc(C(C)(C)C)c4)cc(-c4ccccc4)c3)c2)cc1.[Pt]. The summed E-state index contributed by atoms with van der Waals surface area (Å²) in [7, 11) is 0. The first-order valence-electron chi connectivity index (χ1n) is 23.3. The van der Waals surface area contributed by atoms with Crippen LogP contribution in [0.3, 0.4) is 0 Å². The van der Waals surface area contributed by atoms with E-state index in [1.807, 2.05) is 44.3 Å². The topological polar surface area (TPSA) is 50.9 Å². The number of fused-ring (bicyclic) bond motifs is 1. The fourth-order valence-electron chi connectivity index (χ4n) is 8.76. The number of nitrogens with zero attached hydrogens (tertiary/aromatic N) is 3. The van der Waals surface area contributed by atoms with Crippen molar-refractivity contribution < 1.29 is 27.5 Å². The number of phenolic OH excluding ortho intramolecular Hbond substituents is 1. The summed E-state index contributed by atoms with van der Waals surface area (Å²) in [6.07, 6.45) is 1.86. The molecule has 9 aromatic rings. The Kier molecular flexibility index (Phi) is 12.8. The van der Waals surface area contributed by atoms with E-state index in [-0.39, 0.29) is 44.1 Å². The van der Waals surface area contributed by atoms with Gasteiger partial charge in [0.15, 0.2) is 0 Å². The van der Waals surface area contributed by atoms with Crippen LogP contribution in [0.15, 0.2) is 164 Å². The third kappa shape index (κ3) is 9.22. The van der Waals surface area contributed by atoms with Gasteiger partial charge in [0.1, 0.15) is 11.6 Å². The maximum Gasteiger partial charge on any atom is 0.148 e. The normalized spacial score (nSPS) is 12.1. The van der Waals surface area contributed by atoms with Crippen molar-refractivity contribution in [1.29, 1.82) is 0 Å². The van der Waals surface area contributed by atoms with Crippen LogP contribution in [0.5, 0.6) is 5.75 Å². The first-order chi connectivity index (χ1) is 31.5. The molecule has 2 aromatic heterocycles. The fourth-order valence-corrected chi connectivity index (χ4v) is 8.76. The second kappa shape index (κ2) is 18.9. The molecular formula is C61H58N3OPt-. The predicted octanol–water partition coefficient (Wildman–Crippen LogP) is 16.6. The molecule has 0 saturated carbocycles. The minimum absolute atomic E-state index is 0. The van der Waals surface area contributed by atoms with Gasteiger partial charge in [0.2, 0.25) is 0 Å². The summed E-state index contributed by atoms with van der Waals surface area (Å²) in [5, 5.41) is 12.3. The van der Waals surface area contributed by atoms with Gasteiger partial charge in [-0.15, -0.1) is 23.8 Å². The molecule has 334 valence electrons. The van der Waals surface area contributed by atoms with Crippen molar-refractivity contribution in [2.45, 2.75) is 85.5 Å². The summed E-state index contributed by atoms with van der Waals surface area (Å²) in [5.74, 6) is 0.590. The summed E-state index contributed by atoms with van der Waals surface area (Å²) >= 11 is 0. The van der Waals surface area contributed by atoms with Crippen LogP contribution in [-0.4, -0.2) is 19.6 Å². The number of pyridine rings is 1. The maximum absolute atomic E-state index is 12.3. The molecule has 0 aliphatic rings. The molecule has 0 spiro atoms. The molecule has 4 nitrogen and oxygen atoms in total. The quantitative estimate of drug-likeness (QED) is 0.139. The van der Waals surface area contributed by atoms with E-state index in [0.717, 1.165) is 89.2 Å². The standard InChI is InChI=1S/C61H58N3O.Pt/c1-38(2)41-23-25-44(26-24-41)45-27-28-62-56(36-45)50-30-47(42-17-12-10-13-18-42)29-49(31-50)53-21-16-22-57-58(53)63-60(55-35-46(39(3)4)34-54(40(5)6)59(55)65)64(57)52-33-48(43-19-14-11-15-20-43)32-51(37-52)61(7,8)9;/h10-30,32-40,65H,1-9H3;/q-1;/i38D;. The monoisotopic (exact) mass is 1040 g/mol. The van der Waals surface area contributed by atoms with Crippen LogP contribution in [0.2, 0.25) is 0 Å². The van der Waals surface area contributed by atoms with Crippen molar-refractivity contribution in [2.75, 3.05) is 0 Å². The molecule has 0 aliphatic heterocycles. The predicted molar refractivity (Wildman–Crippen MR) is 273 cm³/mol. The molecule has 1 N–H and O–H groups in total. The van der Waals surface area contributed by atoms with Crippen molar-refractivity contribution in [3.63, 3.8) is 0 Å². The van der Waals surface area contributed by atoms with Crippen molar-refractivity contribution in [1.82, 2.24) is 14.5 Å². The second-order valence-corrected chi connectivity index (χ2v) is 19.2. The Labute approximate surface area is 407 Å². The first kappa shape index (κ1) is 44.8. The molecule has 2 heterocycles. The number of aromatic nitrogens is 3. The van der Waals surface area contributed by atoms with Gasteiger partial charge in [-0.2, -0.15) is 0 Å². The third-order valence-corrected chi connectivity index (χ3v) is 12.6. The van der Waals surface area contributed by atoms with E-state index >= 15 is 0 Å². The van der Waals surface area contributed by atoms with Gasteiger partial charge in [-0.05, 0) is 104 Å². The van der Waals surface area contributed by atoms with E-state index in [0.29, 0.717) is 11.4 Å². The number of phenols is 1. The largest absolute Gasteiger partial charge is 0.507 e. The average molecular weight is 1050 g/mol. The fraction of sp³-hybridized carbons (Fsp3) is 0.213. The first-order valence-corrected chi connectivity index (χ1v) is 22.8. The van der Waals surface area contributed by atoms with Crippen molar-refractivity contribution in [3.8, 4) is 78.6 Å². The molecule has 0 saturated heterocycles. The molecule has 0 fully saturated rings. The zero-order chi connectivity index (χ0) is 46.5. The Balaban J connectivity index is 0.00000608. The van der Waals surface area contributed by atoms with Crippen molar-refractivity contribution in [2.24, 2.45) is 0 Å². The molecule has 66 heavy (non-hydrogen) atoms. The number of imidazole rings is 1. The number of aromatic hydroxyl groups is 1. The molecule has 7 aromatic carbocycles. The Bertz CT molecular complexity index is 3210. The zero-order valence-corrected chi connectivity index (χ0v) is 41.6. The number of benzene rings is 7. The van der Waals surface area contributed by atoms with E-state index in [4.69, 9.17) is 11.3 Å². The summed E-state index contributed by atoms with van der Waals surface area (Å²) in [5.41, 5.74) is 17.4. The van der Waals surface area contributed by atoms with Crippen LogP contribution in [-0.2, 0) is 26.5 Å². The van der Waals surface area contributed by atoms with Gasteiger partial charge in [0.05, 0.1) is 16.6 Å². The number of para-hydroxylation sites is 1. The van der Waals surface area contributed by atoms with Crippen molar-refractivity contribution in [3.05, 3.63) is 192 Å².